The third-order valence-electron chi connectivity index (χ3n) is 0.966. The van der Waals surface area contributed by atoms with Gasteiger partial charge in [-0.05, 0) is 24.3 Å². The van der Waals surface area contributed by atoms with Crippen molar-refractivity contribution < 1.29 is 14.4 Å². The monoisotopic (exact) mass is 321 g/mol. The molecular formula is C8H11BrN4O3P+. The Morgan fingerprint density at radius 3 is 0.941 bits per heavy atom. The maximum absolute atomic E-state index is 8.70. The minimum Gasteiger partial charge on any atom is -0.159 e. The fourth-order valence-electron chi connectivity index (χ4n) is 0.507. The molecule has 2 heterocycles. The third-order valence-corrected chi connectivity index (χ3v) is 0.966. The zero-order chi connectivity index (χ0) is 12.1. The van der Waals surface area contributed by atoms with E-state index in [4.69, 9.17) is 14.4 Å². The van der Waals surface area contributed by atoms with Crippen molar-refractivity contribution in [2.75, 3.05) is 0 Å². The fourth-order valence-corrected chi connectivity index (χ4v) is 0.507. The summed E-state index contributed by atoms with van der Waals surface area (Å²) in [4.78, 5) is 14.2. The quantitative estimate of drug-likeness (QED) is 0.700. The minimum absolute atomic E-state index is 0. The molecule has 0 spiro atoms. The molecule has 0 saturated heterocycles. The Morgan fingerprint density at radius 2 is 0.882 bits per heavy atom. The number of hydrogen-bond donors (Lipinski definition) is 2. The van der Waals surface area contributed by atoms with Crippen molar-refractivity contribution in [1.29, 1.82) is 0 Å². The summed E-state index contributed by atoms with van der Waals surface area (Å²) in [6.45, 7) is 0. The van der Waals surface area contributed by atoms with Crippen LogP contribution in [-0.2, 0) is 4.57 Å². The zero-order valence-corrected chi connectivity index (χ0v) is 11.2. The van der Waals surface area contributed by atoms with Crippen molar-refractivity contribution >= 4 is 25.2 Å². The van der Waals surface area contributed by atoms with Crippen molar-refractivity contribution in [3.05, 3.63) is 49.1 Å². The summed E-state index contributed by atoms with van der Waals surface area (Å²) in [5.41, 5.74) is 0. The van der Waals surface area contributed by atoms with Gasteiger partial charge in [-0.25, -0.2) is 0 Å². The molecule has 0 fully saturated rings. The van der Waals surface area contributed by atoms with Gasteiger partial charge in [0.1, 0.15) is 0 Å². The number of hydrogen-bond acceptors (Lipinski definition) is 5. The highest BCUT2D eigenvalue weighted by atomic mass is 79.9. The van der Waals surface area contributed by atoms with Crippen molar-refractivity contribution in [3.63, 3.8) is 0 Å². The molecule has 2 aromatic heterocycles. The van der Waals surface area contributed by atoms with Gasteiger partial charge in [-0.1, -0.05) is 0 Å². The molecule has 7 nitrogen and oxygen atoms in total. The summed E-state index contributed by atoms with van der Waals surface area (Å²) >= 11 is 0. The van der Waals surface area contributed by atoms with Gasteiger partial charge in [-0.2, -0.15) is 20.4 Å². The Balaban J connectivity index is 0. The van der Waals surface area contributed by atoms with Gasteiger partial charge in [-0.15, -0.1) is 26.8 Å². The Bertz CT molecular complexity index is 279. The molecule has 0 saturated carbocycles. The van der Waals surface area contributed by atoms with Gasteiger partial charge in [0, 0.05) is 29.4 Å². The van der Waals surface area contributed by atoms with E-state index in [-0.39, 0.29) is 17.0 Å². The van der Waals surface area contributed by atoms with Gasteiger partial charge in [0.05, 0.1) is 0 Å². The number of halogens is 1. The van der Waals surface area contributed by atoms with Gasteiger partial charge in [0.2, 0.25) is 0 Å². The molecule has 0 unspecified atom stereocenters. The zero-order valence-electron chi connectivity index (χ0n) is 8.57. The van der Waals surface area contributed by atoms with Gasteiger partial charge >= 0.3 is 8.25 Å². The van der Waals surface area contributed by atoms with Gasteiger partial charge in [0.25, 0.3) is 0 Å². The Kier molecular flexibility index (Phi) is 15.6. The second-order valence-corrected chi connectivity index (χ2v) is 2.59. The predicted octanol–water partition coefficient (Wildman–Crippen LogP) is 1.16. The topological polar surface area (TPSA) is 109 Å². The summed E-state index contributed by atoms with van der Waals surface area (Å²) in [6.07, 6.45) is 6.56. The van der Waals surface area contributed by atoms with Crippen LogP contribution in [-0.4, -0.2) is 30.2 Å². The van der Waals surface area contributed by atoms with Crippen LogP contribution in [0.5, 0.6) is 0 Å². The van der Waals surface area contributed by atoms with Crippen LogP contribution in [0.2, 0.25) is 0 Å². The molecule has 0 amide bonds. The van der Waals surface area contributed by atoms with E-state index in [0.717, 1.165) is 0 Å². The summed E-state index contributed by atoms with van der Waals surface area (Å²) in [6, 6.07) is 7.31. The van der Waals surface area contributed by atoms with Crippen molar-refractivity contribution in [1.82, 2.24) is 20.4 Å². The molecule has 0 aromatic carbocycles. The lowest BCUT2D eigenvalue weighted by Crippen LogP contribution is -1.69. The molecule has 2 aromatic rings. The minimum atomic E-state index is -2.87. The third kappa shape index (κ3) is 20.7. The Morgan fingerprint density at radius 1 is 0.706 bits per heavy atom. The molecule has 17 heavy (non-hydrogen) atoms. The molecular weight excluding hydrogens is 311 g/mol. The lowest BCUT2D eigenvalue weighted by molar-refractivity contribution is 0.405. The van der Waals surface area contributed by atoms with Crippen LogP contribution in [0, 0.1) is 0 Å². The first-order valence-electron chi connectivity index (χ1n) is 4.02. The molecule has 9 heteroatoms. The van der Waals surface area contributed by atoms with Crippen LogP contribution in [0.1, 0.15) is 0 Å². The summed E-state index contributed by atoms with van der Waals surface area (Å²) in [5, 5.41) is 14.1. The van der Waals surface area contributed by atoms with E-state index in [0.29, 0.717) is 0 Å². The van der Waals surface area contributed by atoms with E-state index in [2.05, 4.69) is 20.4 Å². The van der Waals surface area contributed by atoms with Crippen molar-refractivity contribution in [2.45, 2.75) is 0 Å². The van der Waals surface area contributed by atoms with Gasteiger partial charge in [-0.3, -0.25) is 0 Å². The molecule has 0 bridgehead atoms. The molecule has 2 N–H and O–H groups in total. The van der Waals surface area contributed by atoms with Crippen LogP contribution >= 0.6 is 25.2 Å². The molecule has 2 rings (SSSR count). The molecule has 92 valence electrons. The average Bonchev–Trinajstić information content (AvgIpc) is 2.34. The maximum Gasteiger partial charge on any atom is 0.692 e. The van der Waals surface area contributed by atoms with Crippen LogP contribution in [0.15, 0.2) is 49.1 Å². The first kappa shape index (κ1) is 18.0. The van der Waals surface area contributed by atoms with Crippen LogP contribution < -0.4 is 0 Å². The smallest absolute Gasteiger partial charge is 0.159 e. The Hall–Kier alpha value is -1.34. The summed E-state index contributed by atoms with van der Waals surface area (Å²) < 4.78 is 8.70. The lowest BCUT2D eigenvalue weighted by Gasteiger charge is -1.69. The maximum atomic E-state index is 8.70. The van der Waals surface area contributed by atoms with Gasteiger partial charge in [0.15, 0.2) is 0 Å². The van der Waals surface area contributed by atoms with E-state index >= 15 is 0 Å². The number of rotatable bonds is 0. The molecule has 0 aliphatic carbocycles. The van der Waals surface area contributed by atoms with E-state index in [1.165, 1.54) is 0 Å². The summed E-state index contributed by atoms with van der Waals surface area (Å²) in [7, 11) is -2.87. The SMILES string of the molecule is Br.O=[P+](O)O.c1ccnnc1.c1ccnnc1. The van der Waals surface area contributed by atoms with Crippen molar-refractivity contribution in [2.24, 2.45) is 0 Å². The lowest BCUT2D eigenvalue weighted by atomic mass is 10.6. The standard InChI is InChI=1S/2C4H4N2.BrH.HO3P/c2*1-2-4-6-5-3-1;;1-4(2)3/h2*1-4H;1H;(H-,1,2,3)/p+1. The Labute approximate surface area is 109 Å². The van der Waals surface area contributed by atoms with E-state index in [1.807, 2.05) is 24.3 Å². The highest BCUT2D eigenvalue weighted by Crippen LogP contribution is 1.98. The van der Waals surface area contributed by atoms with E-state index < -0.39 is 8.25 Å². The van der Waals surface area contributed by atoms with Crippen LogP contribution in [0.25, 0.3) is 0 Å². The fraction of sp³-hybridized carbons (Fsp3) is 0. The molecule has 0 aliphatic heterocycles. The van der Waals surface area contributed by atoms with Crippen LogP contribution in [0.4, 0.5) is 0 Å². The highest BCUT2D eigenvalue weighted by Gasteiger charge is 1.93. The van der Waals surface area contributed by atoms with E-state index in [9.17, 15) is 0 Å². The second kappa shape index (κ2) is 14.7. The van der Waals surface area contributed by atoms with E-state index in [1.54, 1.807) is 24.8 Å². The largest absolute Gasteiger partial charge is 0.692 e. The first-order chi connectivity index (χ1) is 7.73. The highest BCUT2D eigenvalue weighted by molar-refractivity contribution is 8.93. The average molecular weight is 322 g/mol. The number of aromatic nitrogens is 4. The van der Waals surface area contributed by atoms with Gasteiger partial charge < -0.3 is 0 Å². The molecule has 0 aliphatic rings. The summed E-state index contributed by atoms with van der Waals surface area (Å²) in [5.74, 6) is 0. The predicted molar refractivity (Wildman–Crippen MR) is 66.4 cm³/mol. The second-order valence-electron chi connectivity index (χ2n) is 2.08. The number of nitrogens with zero attached hydrogens (tertiary/aromatic N) is 4. The molecule has 0 radical (unpaired) electrons. The molecule has 0 atom stereocenters. The van der Waals surface area contributed by atoms with Crippen molar-refractivity contribution in [3.8, 4) is 0 Å². The first-order valence-corrected chi connectivity index (χ1v) is 5.18. The van der Waals surface area contributed by atoms with Crippen LogP contribution in [0.3, 0.4) is 0 Å². The normalized spacial score (nSPS) is 7.18.